The Kier molecular flexibility index (Phi) is 9.71. The van der Waals surface area contributed by atoms with Crippen molar-refractivity contribution >= 4 is 29.0 Å². The van der Waals surface area contributed by atoms with Crippen LogP contribution in [0.2, 0.25) is 0 Å². The van der Waals surface area contributed by atoms with E-state index in [1.54, 1.807) is 45.0 Å². The topological polar surface area (TPSA) is 96.5 Å². The van der Waals surface area contributed by atoms with Gasteiger partial charge >= 0.3 is 6.09 Å². The van der Waals surface area contributed by atoms with E-state index in [2.05, 4.69) is 22.9 Å². The summed E-state index contributed by atoms with van der Waals surface area (Å²) in [6.07, 6.45) is 1.39. The first-order valence-electron chi connectivity index (χ1n) is 9.02. The standard InChI is InChI=1S/C19H29N3O4S/c1-5-6-11-22-18(25)27-15-10-8-7-9-14(15)16(23)20-12-13-21-17(24)26-19(2,3)4/h7-10H,5-6,11-13H2,1-4H3,(H,20,23)(H,21,24)(H,22,25). The molecule has 0 unspecified atom stereocenters. The molecule has 0 aliphatic heterocycles. The number of benzene rings is 1. The second-order valence-electron chi connectivity index (χ2n) is 6.85. The minimum atomic E-state index is -0.568. The molecule has 7 nitrogen and oxygen atoms in total. The van der Waals surface area contributed by atoms with E-state index >= 15 is 0 Å². The average Bonchev–Trinajstić information content (AvgIpc) is 2.57. The van der Waals surface area contributed by atoms with E-state index in [-0.39, 0.29) is 24.2 Å². The van der Waals surface area contributed by atoms with Gasteiger partial charge in [0.25, 0.3) is 11.1 Å². The van der Waals surface area contributed by atoms with Crippen molar-refractivity contribution in [2.24, 2.45) is 0 Å². The lowest BCUT2D eigenvalue weighted by molar-refractivity contribution is 0.0526. The molecular weight excluding hydrogens is 366 g/mol. The highest BCUT2D eigenvalue weighted by Gasteiger charge is 2.16. The molecule has 0 bridgehead atoms. The number of alkyl carbamates (subject to hydrolysis) is 1. The predicted molar refractivity (Wildman–Crippen MR) is 107 cm³/mol. The van der Waals surface area contributed by atoms with Crippen LogP contribution < -0.4 is 16.0 Å². The fourth-order valence-electron chi connectivity index (χ4n) is 2.00. The quantitative estimate of drug-likeness (QED) is 0.462. The zero-order valence-corrected chi connectivity index (χ0v) is 17.2. The highest BCUT2D eigenvalue weighted by Crippen LogP contribution is 2.23. The molecular formula is C19H29N3O4S. The van der Waals surface area contributed by atoms with Crippen LogP contribution in [0.3, 0.4) is 0 Å². The molecule has 150 valence electrons. The van der Waals surface area contributed by atoms with Crippen LogP contribution in [-0.4, -0.2) is 42.5 Å². The van der Waals surface area contributed by atoms with Gasteiger partial charge in [0.1, 0.15) is 5.60 Å². The van der Waals surface area contributed by atoms with Crippen molar-refractivity contribution in [3.05, 3.63) is 29.8 Å². The largest absolute Gasteiger partial charge is 0.444 e. The van der Waals surface area contributed by atoms with Gasteiger partial charge in [-0.3, -0.25) is 9.59 Å². The van der Waals surface area contributed by atoms with Crippen LogP contribution >= 0.6 is 11.8 Å². The molecule has 0 radical (unpaired) electrons. The summed E-state index contributed by atoms with van der Waals surface area (Å²) < 4.78 is 5.12. The zero-order chi connectivity index (χ0) is 20.3. The van der Waals surface area contributed by atoms with Crippen molar-refractivity contribution in [2.75, 3.05) is 19.6 Å². The van der Waals surface area contributed by atoms with Crippen LogP contribution in [0.5, 0.6) is 0 Å². The number of hydrogen-bond acceptors (Lipinski definition) is 5. The molecule has 0 atom stereocenters. The Morgan fingerprint density at radius 1 is 1.00 bits per heavy atom. The van der Waals surface area contributed by atoms with Crippen molar-refractivity contribution in [1.82, 2.24) is 16.0 Å². The molecule has 0 spiro atoms. The summed E-state index contributed by atoms with van der Waals surface area (Å²) in [5.41, 5.74) is -0.147. The average molecular weight is 396 g/mol. The normalized spacial score (nSPS) is 10.8. The number of hydrogen-bond donors (Lipinski definition) is 3. The van der Waals surface area contributed by atoms with Crippen LogP contribution in [0.1, 0.15) is 50.9 Å². The van der Waals surface area contributed by atoms with E-state index < -0.39 is 11.7 Å². The van der Waals surface area contributed by atoms with Crippen molar-refractivity contribution in [2.45, 2.75) is 51.0 Å². The Labute approximate surface area is 165 Å². The van der Waals surface area contributed by atoms with Crippen molar-refractivity contribution in [3.8, 4) is 0 Å². The van der Waals surface area contributed by atoms with Gasteiger partial charge in [-0.1, -0.05) is 25.5 Å². The van der Waals surface area contributed by atoms with Gasteiger partial charge in [0.15, 0.2) is 0 Å². The third-order valence-corrected chi connectivity index (χ3v) is 4.12. The monoisotopic (exact) mass is 395 g/mol. The summed E-state index contributed by atoms with van der Waals surface area (Å²) >= 11 is 0.999. The zero-order valence-electron chi connectivity index (χ0n) is 16.4. The molecule has 0 aromatic heterocycles. The number of nitrogens with one attached hydrogen (secondary N) is 3. The maximum Gasteiger partial charge on any atom is 0.407 e. The van der Waals surface area contributed by atoms with Gasteiger partial charge < -0.3 is 20.7 Å². The highest BCUT2D eigenvalue weighted by atomic mass is 32.2. The van der Waals surface area contributed by atoms with E-state index in [1.165, 1.54) is 0 Å². The Morgan fingerprint density at radius 3 is 2.33 bits per heavy atom. The third kappa shape index (κ3) is 9.89. The molecule has 1 aromatic rings. The minimum absolute atomic E-state index is 0.185. The summed E-state index contributed by atoms with van der Waals surface area (Å²) in [7, 11) is 0. The summed E-state index contributed by atoms with van der Waals surface area (Å²) in [5.74, 6) is -0.301. The molecule has 8 heteroatoms. The van der Waals surface area contributed by atoms with E-state index in [1.807, 2.05) is 0 Å². The first kappa shape index (κ1) is 22.8. The van der Waals surface area contributed by atoms with E-state index in [0.717, 1.165) is 24.6 Å². The highest BCUT2D eigenvalue weighted by molar-refractivity contribution is 8.13. The SMILES string of the molecule is CCCCNC(=O)Sc1ccccc1C(=O)NCCNC(=O)OC(C)(C)C. The molecule has 27 heavy (non-hydrogen) atoms. The molecule has 3 amide bonds. The lowest BCUT2D eigenvalue weighted by Gasteiger charge is -2.19. The molecule has 0 heterocycles. The molecule has 0 fully saturated rings. The Bertz CT molecular complexity index is 644. The van der Waals surface area contributed by atoms with Crippen LogP contribution in [0, 0.1) is 0 Å². The predicted octanol–water partition coefficient (Wildman–Crippen LogP) is 3.54. The van der Waals surface area contributed by atoms with Crippen molar-refractivity contribution in [3.63, 3.8) is 0 Å². The number of carbonyl (C=O) groups excluding carboxylic acids is 3. The van der Waals surface area contributed by atoms with Gasteiger partial charge in [-0.2, -0.15) is 0 Å². The number of thioether (sulfide) groups is 1. The van der Waals surface area contributed by atoms with E-state index in [4.69, 9.17) is 4.74 Å². The molecule has 0 aliphatic rings. The first-order valence-corrected chi connectivity index (χ1v) is 9.84. The minimum Gasteiger partial charge on any atom is -0.444 e. The molecule has 0 saturated heterocycles. The second kappa shape index (κ2) is 11.5. The first-order chi connectivity index (χ1) is 12.7. The van der Waals surface area contributed by atoms with Gasteiger partial charge in [0.05, 0.1) is 5.56 Å². The smallest absolute Gasteiger partial charge is 0.407 e. The van der Waals surface area contributed by atoms with Crippen LogP contribution in [-0.2, 0) is 4.74 Å². The summed E-state index contributed by atoms with van der Waals surface area (Å²) in [4.78, 5) is 36.5. The van der Waals surface area contributed by atoms with Crippen LogP contribution in [0.15, 0.2) is 29.2 Å². The Balaban J connectivity index is 2.48. The fraction of sp³-hybridized carbons (Fsp3) is 0.526. The number of amides is 3. The lowest BCUT2D eigenvalue weighted by Crippen LogP contribution is -2.38. The summed E-state index contributed by atoms with van der Waals surface area (Å²) in [6, 6.07) is 6.92. The molecule has 0 aliphatic carbocycles. The molecule has 1 rings (SSSR count). The molecule has 3 N–H and O–H groups in total. The van der Waals surface area contributed by atoms with Crippen LogP contribution in [0.25, 0.3) is 0 Å². The number of rotatable bonds is 8. The Hall–Kier alpha value is -2.22. The summed E-state index contributed by atoms with van der Waals surface area (Å²) in [5, 5.41) is 7.93. The van der Waals surface area contributed by atoms with Crippen LogP contribution in [0.4, 0.5) is 9.59 Å². The maximum absolute atomic E-state index is 12.4. The van der Waals surface area contributed by atoms with Gasteiger partial charge in [0, 0.05) is 24.5 Å². The lowest BCUT2D eigenvalue weighted by atomic mass is 10.2. The van der Waals surface area contributed by atoms with Gasteiger partial charge in [0.2, 0.25) is 0 Å². The van der Waals surface area contributed by atoms with Gasteiger partial charge in [-0.25, -0.2) is 4.79 Å². The third-order valence-electron chi connectivity index (χ3n) is 3.21. The number of unbranched alkanes of at least 4 members (excludes halogenated alkanes) is 1. The fourth-order valence-corrected chi connectivity index (χ4v) is 2.79. The number of carbonyl (C=O) groups is 3. The number of ether oxygens (including phenoxy) is 1. The van der Waals surface area contributed by atoms with E-state index in [0.29, 0.717) is 17.0 Å². The summed E-state index contributed by atoms with van der Waals surface area (Å²) in [6.45, 7) is 8.50. The van der Waals surface area contributed by atoms with Gasteiger partial charge in [-0.15, -0.1) is 0 Å². The molecule has 1 aromatic carbocycles. The van der Waals surface area contributed by atoms with Crippen molar-refractivity contribution < 1.29 is 19.1 Å². The van der Waals surface area contributed by atoms with E-state index in [9.17, 15) is 14.4 Å². The second-order valence-corrected chi connectivity index (χ2v) is 7.87. The van der Waals surface area contributed by atoms with Crippen molar-refractivity contribution in [1.29, 1.82) is 0 Å². The molecule has 0 saturated carbocycles. The maximum atomic E-state index is 12.4. The Morgan fingerprint density at radius 2 is 1.67 bits per heavy atom. The van der Waals surface area contributed by atoms with Gasteiger partial charge in [-0.05, 0) is 51.1 Å².